The van der Waals surface area contributed by atoms with E-state index in [1.54, 1.807) is 4.90 Å². The molecule has 0 amide bonds. The lowest BCUT2D eigenvalue weighted by Gasteiger charge is -2.26. The van der Waals surface area contributed by atoms with Crippen molar-refractivity contribution in [2.45, 2.75) is 26.4 Å². The standard InChI is InChI=1S/C9H19NO3/c1-4-8(11)10(5-2)7-9(12)13-6-3/h4,8-9,11-12H,1,5-7H2,2-3H3. The molecule has 2 N–H and O–H groups in total. The van der Waals surface area contributed by atoms with E-state index in [4.69, 9.17) is 4.74 Å². The van der Waals surface area contributed by atoms with Crippen molar-refractivity contribution in [3.63, 3.8) is 0 Å². The number of aliphatic hydroxyl groups excluding tert-OH is 2. The van der Waals surface area contributed by atoms with Gasteiger partial charge in [-0.25, -0.2) is 0 Å². The number of rotatable bonds is 7. The van der Waals surface area contributed by atoms with E-state index in [1.165, 1.54) is 6.08 Å². The van der Waals surface area contributed by atoms with Crippen LogP contribution in [0, 0.1) is 0 Å². The first-order valence-electron chi connectivity index (χ1n) is 4.50. The lowest BCUT2D eigenvalue weighted by Crippen LogP contribution is -2.40. The Kier molecular flexibility index (Phi) is 6.80. The third kappa shape index (κ3) is 5.00. The molecule has 0 aromatic rings. The molecule has 2 atom stereocenters. The summed E-state index contributed by atoms with van der Waals surface area (Å²) in [6.07, 6.45) is -0.151. The minimum atomic E-state index is -0.848. The van der Waals surface area contributed by atoms with Crippen LogP contribution in [0.25, 0.3) is 0 Å². The van der Waals surface area contributed by atoms with Crippen molar-refractivity contribution < 1.29 is 14.9 Å². The minimum Gasteiger partial charge on any atom is -0.375 e. The van der Waals surface area contributed by atoms with E-state index in [0.717, 1.165) is 0 Å². The molecule has 0 aliphatic carbocycles. The molecule has 78 valence electrons. The van der Waals surface area contributed by atoms with E-state index in [9.17, 15) is 10.2 Å². The van der Waals surface area contributed by atoms with Gasteiger partial charge in [0.1, 0.15) is 6.23 Å². The zero-order chi connectivity index (χ0) is 10.3. The molecule has 0 saturated heterocycles. The molecule has 0 aromatic heterocycles. The van der Waals surface area contributed by atoms with Crippen LogP contribution in [-0.4, -0.2) is 47.3 Å². The van der Waals surface area contributed by atoms with Gasteiger partial charge in [-0.3, -0.25) is 4.90 Å². The zero-order valence-electron chi connectivity index (χ0n) is 8.31. The van der Waals surface area contributed by atoms with E-state index in [-0.39, 0.29) is 6.54 Å². The molecule has 0 radical (unpaired) electrons. The average molecular weight is 189 g/mol. The van der Waals surface area contributed by atoms with Gasteiger partial charge >= 0.3 is 0 Å². The normalized spacial score (nSPS) is 15.8. The predicted octanol–water partition coefficient (Wildman–Crippen LogP) is 0.168. The highest BCUT2D eigenvalue weighted by Crippen LogP contribution is 1.99. The molecule has 0 saturated carbocycles. The van der Waals surface area contributed by atoms with Gasteiger partial charge in [-0.1, -0.05) is 13.5 Å². The second kappa shape index (κ2) is 7.03. The fourth-order valence-electron chi connectivity index (χ4n) is 1.02. The molecule has 0 bridgehead atoms. The average Bonchev–Trinajstić information content (AvgIpc) is 2.13. The highest BCUT2D eigenvalue weighted by atomic mass is 16.6. The van der Waals surface area contributed by atoms with Crippen molar-refractivity contribution in [3.05, 3.63) is 12.7 Å². The Bertz CT molecular complexity index is 141. The molecule has 0 rings (SSSR count). The molecule has 0 aromatic carbocycles. The molecule has 0 spiro atoms. The number of nitrogens with zero attached hydrogens (tertiary/aromatic N) is 1. The Morgan fingerprint density at radius 1 is 1.46 bits per heavy atom. The number of likely N-dealkylation sites (N-methyl/N-ethyl adjacent to an activating group) is 1. The molecular formula is C9H19NO3. The number of hydrogen-bond donors (Lipinski definition) is 2. The van der Waals surface area contributed by atoms with Gasteiger partial charge in [0.25, 0.3) is 0 Å². The molecule has 2 unspecified atom stereocenters. The molecule has 13 heavy (non-hydrogen) atoms. The highest BCUT2D eigenvalue weighted by molar-refractivity contribution is 4.78. The van der Waals surface area contributed by atoms with Gasteiger partial charge in [0.15, 0.2) is 6.29 Å². The summed E-state index contributed by atoms with van der Waals surface area (Å²) in [5.41, 5.74) is 0. The Balaban J connectivity index is 3.88. The smallest absolute Gasteiger partial charge is 0.167 e. The van der Waals surface area contributed by atoms with Crippen LogP contribution in [0.15, 0.2) is 12.7 Å². The number of aliphatic hydroxyl groups is 2. The first-order valence-corrected chi connectivity index (χ1v) is 4.50. The maximum absolute atomic E-state index is 9.38. The molecule has 4 heteroatoms. The van der Waals surface area contributed by atoms with Gasteiger partial charge in [-0.05, 0) is 19.5 Å². The van der Waals surface area contributed by atoms with Crippen LogP contribution in [0.4, 0.5) is 0 Å². The third-order valence-corrected chi connectivity index (χ3v) is 1.74. The van der Waals surface area contributed by atoms with E-state index in [1.807, 2.05) is 13.8 Å². The quantitative estimate of drug-likeness (QED) is 0.443. The lowest BCUT2D eigenvalue weighted by molar-refractivity contribution is -0.124. The number of hydrogen-bond acceptors (Lipinski definition) is 4. The lowest BCUT2D eigenvalue weighted by atomic mass is 10.4. The topological polar surface area (TPSA) is 52.9 Å². The molecule has 0 heterocycles. The van der Waals surface area contributed by atoms with Crippen LogP contribution < -0.4 is 0 Å². The van der Waals surface area contributed by atoms with Crippen molar-refractivity contribution in [1.29, 1.82) is 0 Å². The monoisotopic (exact) mass is 189 g/mol. The fraction of sp³-hybridized carbons (Fsp3) is 0.778. The first-order chi connectivity index (χ1) is 6.15. The Morgan fingerprint density at radius 2 is 2.08 bits per heavy atom. The van der Waals surface area contributed by atoms with Gasteiger partial charge < -0.3 is 14.9 Å². The van der Waals surface area contributed by atoms with Crippen LogP contribution in [-0.2, 0) is 4.74 Å². The van der Waals surface area contributed by atoms with Crippen molar-refractivity contribution in [2.24, 2.45) is 0 Å². The van der Waals surface area contributed by atoms with Crippen molar-refractivity contribution >= 4 is 0 Å². The third-order valence-electron chi connectivity index (χ3n) is 1.74. The van der Waals surface area contributed by atoms with Crippen LogP contribution in [0.5, 0.6) is 0 Å². The summed E-state index contributed by atoms with van der Waals surface area (Å²) in [7, 11) is 0. The second-order valence-corrected chi connectivity index (χ2v) is 2.65. The highest BCUT2D eigenvalue weighted by Gasteiger charge is 2.14. The first kappa shape index (κ1) is 12.6. The summed E-state index contributed by atoms with van der Waals surface area (Å²) in [5.74, 6) is 0. The Hall–Kier alpha value is -0.420. The molecule has 4 nitrogen and oxygen atoms in total. The van der Waals surface area contributed by atoms with Gasteiger partial charge in [-0.2, -0.15) is 0 Å². The molecule has 0 aliphatic heterocycles. The predicted molar refractivity (Wildman–Crippen MR) is 51.1 cm³/mol. The largest absolute Gasteiger partial charge is 0.375 e. The molecule has 0 aliphatic rings. The van der Waals surface area contributed by atoms with Crippen LogP contribution in [0.1, 0.15) is 13.8 Å². The van der Waals surface area contributed by atoms with E-state index < -0.39 is 12.5 Å². The second-order valence-electron chi connectivity index (χ2n) is 2.65. The van der Waals surface area contributed by atoms with E-state index in [0.29, 0.717) is 13.2 Å². The molecular weight excluding hydrogens is 170 g/mol. The van der Waals surface area contributed by atoms with Crippen LogP contribution in [0.2, 0.25) is 0 Å². The summed E-state index contributed by atoms with van der Waals surface area (Å²) < 4.78 is 4.94. The van der Waals surface area contributed by atoms with Crippen molar-refractivity contribution in [2.75, 3.05) is 19.7 Å². The maximum Gasteiger partial charge on any atom is 0.167 e. The fourth-order valence-corrected chi connectivity index (χ4v) is 1.02. The zero-order valence-corrected chi connectivity index (χ0v) is 8.31. The van der Waals surface area contributed by atoms with Gasteiger partial charge in [-0.15, -0.1) is 0 Å². The van der Waals surface area contributed by atoms with Crippen LogP contribution in [0.3, 0.4) is 0 Å². The van der Waals surface area contributed by atoms with Crippen LogP contribution >= 0.6 is 0 Å². The van der Waals surface area contributed by atoms with Crippen molar-refractivity contribution in [1.82, 2.24) is 4.90 Å². The van der Waals surface area contributed by atoms with E-state index in [2.05, 4.69) is 6.58 Å². The Morgan fingerprint density at radius 3 is 2.46 bits per heavy atom. The van der Waals surface area contributed by atoms with Gasteiger partial charge in [0, 0.05) is 6.61 Å². The Labute approximate surface area is 79.4 Å². The van der Waals surface area contributed by atoms with Crippen molar-refractivity contribution in [3.8, 4) is 0 Å². The SMILES string of the molecule is C=CC(O)N(CC)CC(O)OCC. The van der Waals surface area contributed by atoms with E-state index >= 15 is 0 Å². The maximum atomic E-state index is 9.38. The summed E-state index contributed by atoms with van der Waals surface area (Å²) in [6.45, 7) is 8.56. The van der Waals surface area contributed by atoms with Gasteiger partial charge in [0.2, 0.25) is 0 Å². The van der Waals surface area contributed by atoms with Gasteiger partial charge in [0.05, 0.1) is 6.54 Å². The summed E-state index contributed by atoms with van der Waals surface area (Å²) in [4.78, 5) is 1.66. The summed E-state index contributed by atoms with van der Waals surface area (Å²) in [5, 5.41) is 18.7. The summed E-state index contributed by atoms with van der Waals surface area (Å²) >= 11 is 0. The number of ether oxygens (including phenoxy) is 1. The summed E-state index contributed by atoms with van der Waals surface area (Å²) in [6, 6.07) is 0. The molecule has 0 fully saturated rings. The minimum absolute atomic E-state index is 0.289.